The van der Waals surface area contributed by atoms with E-state index < -0.39 is 0 Å². The van der Waals surface area contributed by atoms with Crippen molar-refractivity contribution in [3.05, 3.63) is 35.4 Å². The zero-order chi connectivity index (χ0) is 15.8. The Balaban J connectivity index is 2.82. The van der Waals surface area contributed by atoms with Gasteiger partial charge < -0.3 is 14.2 Å². The quantitative estimate of drug-likeness (QED) is 0.439. The first-order valence-electron chi connectivity index (χ1n) is 6.62. The molecule has 0 aliphatic carbocycles. The molecular formula is C16H20O5. The van der Waals surface area contributed by atoms with Gasteiger partial charge in [-0.1, -0.05) is 6.92 Å². The third kappa shape index (κ3) is 4.63. The van der Waals surface area contributed by atoms with E-state index in [1.165, 1.54) is 21.1 Å². The Morgan fingerprint density at radius 1 is 1.19 bits per heavy atom. The van der Waals surface area contributed by atoms with Crippen LogP contribution in [0.15, 0.2) is 29.8 Å². The first kappa shape index (κ1) is 16.8. The molecule has 5 nitrogen and oxygen atoms in total. The van der Waals surface area contributed by atoms with Crippen molar-refractivity contribution < 1.29 is 23.8 Å². The van der Waals surface area contributed by atoms with Crippen LogP contribution in [0.2, 0.25) is 0 Å². The molecule has 1 rings (SSSR count). The number of rotatable bonds is 7. The van der Waals surface area contributed by atoms with Gasteiger partial charge in [0, 0.05) is 11.1 Å². The monoisotopic (exact) mass is 292 g/mol. The summed E-state index contributed by atoms with van der Waals surface area (Å²) in [4.78, 5) is 22.7. The Hall–Kier alpha value is -2.30. The summed E-state index contributed by atoms with van der Waals surface area (Å²) < 4.78 is 15.4. The molecule has 0 fully saturated rings. The molecule has 0 saturated carbocycles. The second-order valence-corrected chi connectivity index (χ2v) is 4.31. The number of hydrogen-bond donors (Lipinski definition) is 0. The first-order chi connectivity index (χ1) is 10.0. The van der Waals surface area contributed by atoms with E-state index in [-0.39, 0.29) is 18.4 Å². The number of ketones is 1. The topological polar surface area (TPSA) is 61.8 Å². The summed E-state index contributed by atoms with van der Waals surface area (Å²) in [6.07, 6.45) is 2.24. The molecule has 0 N–H and O–H groups in total. The Morgan fingerprint density at radius 3 is 2.43 bits per heavy atom. The Morgan fingerprint density at radius 2 is 1.90 bits per heavy atom. The van der Waals surface area contributed by atoms with Crippen molar-refractivity contribution in [3.8, 4) is 11.5 Å². The summed E-state index contributed by atoms with van der Waals surface area (Å²) in [6.45, 7) is 3.57. The zero-order valence-electron chi connectivity index (χ0n) is 12.8. The van der Waals surface area contributed by atoms with Gasteiger partial charge in [0.25, 0.3) is 0 Å². The highest BCUT2D eigenvalue weighted by atomic mass is 16.5. The van der Waals surface area contributed by atoms with Gasteiger partial charge in [-0.2, -0.15) is 0 Å². The summed E-state index contributed by atoms with van der Waals surface area (Å²) in [5.74, 6) is 0.588. The van der Waals surface area contributed by atoms with Crippen molar-refractivity contribution in [3.63, 3.8) is 0 Å². The van der Waals surface area contributed by atoms with Gasteiger partial charge in [0.1, 0.15) is 6.61 Å². The van der Waals surface area contributed by atoms with Crippen LogP contribution >= 0.6 is 0 Å². The molecular weight excluding hydrogens is 272 g/mol. The van der Waals surface area contributed by atoms with E-state index in [9.17, 15) is 9.59 Å². The summed E-state index contributed by atoms with van der Waals surface area (Å²) in [6, 6.07) is 4.97. The molecule has 0 spiro atoms. The lowest BCUT2D eigenvalue weighted by Crippen LogP contribution is -2.06. The van der Waals surface area contributed by atoms with E-state index in [0.29, 0.717) is 29.1 Å². The van der Waals surface area contributed by atoms with Crippen LogP contribution in [-0.2, 0) is 9.53 Å². The summed E-state index contributed by atoms with van der Waals surface area (Å²) in [5, 5.41) is 0. The van der Waals surface area contributed by atoms with E-state index in [1.807, 2.05) is 6.92 Å². The highest BCUT2D eigenvalue weighted by Gasteiger charge is 2.09. The Labute approximate surface area is 124 Å². The van der Waals surface area contributed by atoms with Crippen LogP contribution in [0.1, 0.15) is 30.6 Å². The third-order valence-corrected chi connectivity index (χ3v) is 2.97. The van der Waals surface area contributed by atoms with Crippen LogP contribution < -0.4 is 9.47 Å². The molecule has 0 aliphatic heterocycles. The highest BCUT2D eigenvalue weighted by molar-refractivity contribution is 5.94. The first-order valence-corrected chi connectivity index (χ1v) is 6.62. The Bertz CT molecular complexity index is 546. The van der Waals surface area contributed by atoms with Gasteiger partial charge in [0.05, 0.1) is 14.2 Å². The predicted octanol–water partition coefficient (Wildman–Crippen LogP) is 2.79. The molecule has 0 heterocycles. The van der Waals surface area contributed by atoms with Crippen LogP contribution in [0.4, 0.5) is 0 Å². The lowest BCUT2D eigenvalue weighted by Gasteiger charge is -2.10. The number of carbonyl (C=O) groups is 2. The predicted molar refractivity (Wildman–Crippen MR) is 78.9 cm³/mol. The lowest BCUT2D eigenvalue weighted by atomic mass is 10.1. The van der Waals surface area contributed by atoms with Gasteiger partial charge in [-0.05, 0) is 37.6 Å². The maximum Gasteiger partial charge on any atom is 0.333 e. The average Bonchev–Trinajstić information content (AvgIpc) is 2.50. The van der Waals surface area contributed by atoms with E-state index in [0.717, 1.165) is 0 Å². The van der Waals surface area contributed by atoms with Crippen LogP contribution in [-0.4, -0.2) is 32.6 Å². The second kappa shape index (κ2) is 8.09. The standard InChI is InChI=1S/C16H20O5/c1-5-12(16(18)20-4)8-9-21-14-7-6-13(11(2)17)10-15(14)19-3/h6-8,10H,5,9H2,1-4H3. The molecule has 114 valence electrons. The fraction of sp³-hybridized carbons (Fsp3) is 0.375. The van der Waals surface area contributed by atoms with Crippen molar-refractivity contribution in [1.82, 2.24) is 0 Å². The molecule has 0 bridgehead atoms. The number of hydrogen-bond acceptors (Lipinski definition) is 5. The van der Waals surface area contributed by atoms with Crippen molar-refractivity contribution >= 4 is 11.8 Å². The van der Waals surface area contributed by atoms with E-state index in [4.69, 9.17) is 9.47 Å². The molecule has 0 radical (unpaired) electrons. The van der Waals surface area contributed by atoms with Gasteiger partial charge in [-0.25, -0.2) is 4.79 Å². The normalized spacial score (nSPS) is 11.0. The molecule has 1 aromatic rings. The number of esters is 1. The molecule has 0 amide bonds. The molecule has 0 aromatic heterocycles. The number of methoxy groups -OCH3 is 2. The van der Waals surface area contributed by atoms with Crippen LogP contribution in [0, 0.1) is 0 Å². The van der Waals surface area contributed by atoms with E-state index >= 15 is 0 Å². The van der Waals surface area contributed by atoms with E-state index in [2.05, 4.69) is 4.74 Å². The minimum Gasteiger partial charge on any atom is -0.493 e. The molecule has 1 aromatic carbocycles. The number of ether oxygens (including phenoxy) is 3. The number of carbonyl (C=O) groups excluding carboxylic acids is 2. The van der Waals surface area contributed by atoms with Crippen LogP contribution in [0.25, 0.3) is 0 Å². The van der Waals surface area contributed by atoms with Crippen molar-refractivity contribution in [1.29, 1.82) is 0 Å². The number of benzene rings is 1. The van der Waals surface area contributed by atoms with Gasteiger partial charge >= 0.3 is 5.97 Å². The van der Waals surface area contributed by atoms with Crippen LogP contribution in [0.5, 0.6) is 11.5 Å². The number of Topliss-reactive ketones (excluding diaryl/α,β-unsaturated/α-hetero) is 1. The molecule has 0 aliphatic rings. The third-order valence-electron chi connectivity index (χ3n) is 2.97. The van der Waals surface area contributed by atoms with Crippen molar-refractivity contribution in [2.45, 2.75) is 20.3 Å². The Kier molecular flexibility index (Phi) is 6.46. The lowest BCUT2D eigenvalue weighted by molar-refractivity contribution is -0.136. The molecule has 0 atom stereocenters. The maximum absolute atomic E-state index is 11.4. The average molecular weight is 292 g/mol. The minimum atomic E-state index is -0.361. The summed E-state index contributed by atoms with van der Waals surface area (Å²) in [7, 11) is 2.85. The highest BCUT2D eigenvalue weighted by Crippen LogP contribution is 2.28. The van der Waals surface area contributed by atoms with Gasteiger partial charge in [0.15, 0.2) is 17.3 Å². The van der Waals surface area contributed by atoms with Gasteiger partial charge in [-0.3, -0.25) is 4.79 Å². The van der Waals surface area contributed by atoms with Gasteiger partial charge in [-0.15, -0.1) is 0 Å². The fourth-order valence-electron chi connectivity index (χ4n) is 1.74. The maximum atomic E-state index is 11.4. The zero-order valence-corrected chi connectivity index (χ0v) is 12.8. The van der Waals surface area contributed by atoms with Crippen LogP contribution in [0.3, 0.4) is 0 Å². The fourth-order valence-corrected chi connectivity index (χ4v) is 1.74. The largest absolute Gasteiger partial charge is 0.493 e. The smallest absolute Gasteiger partial charge is 0.333 e. The molecule has 21 heavy (non-hydrogen) atoms. The van der Waals surface area contributed by atoms with Gasteiger partial charge in [0.2, 0.25) is 0 Å². The second-order valence-electron chi connectivity index (χ2n) is 4.31. The molecule has 5 heteroatoms. The summed E-state index contributed by atoms with van der Waals surface area (Å²) in [5.41, 5.74) is 1.11. The molecule has 0 saturated heterocycles. The van der Waals surface area contributed by atoms with Crippen molar-refractivity contribution in [2.24, 2.45) is 0 Å². The van der Waals surface area contributed by atoms with Crippen molar-refractivity contribution in [2.75, 3.05) is 20.8 Å². The molecule has 0 unspecified atom stereocenters. The SMILES string of the molecule is CCC(=CCOc1ccc(C(C)=O)cc1OC)C(=O)OC. The van der Waals surface area contributed by atoms with E-state index in [1.54, 1.807) is 24.3 Å². The summed E-state index contributed by atoms with van der Waals surface area (Å²) >= 11 is 0. The minimum absolute atomic E-state index is 0.0429.